The normalized spacial score (nSPS) is 14.8. The summed E-state index contributed by atoms with van der Waals surface area (Å²) >= 11 is 1.25. The number of nitrogens with one attached hydrogen (secondary N) is 1. The number of para-hydroxylation sites is 1. The standard InChI is InChI=1S/C11H18N3OPS/c1-3-8-17-16(12,15)14-9-13-11-7-5-4-6-10(11)2/h4-7,9H,3,8H2,1-2H3,(H3,12,13,14,15). The first kappa shape index (κ1) is 14.3. The fourth-order valence-electron chi connectivity index (χ4n) is 1.15. The second-order valence-corrected chi connectivity index (χ2v) is 8.12. The SMILES string of the molecule is CCCSP(N)(=O)NC=Nc1ccccc1C. The van der Waals surface area contributed by atoms with Crippen molar-refractivity contribution >= 4 is 30.1 Å². The maximum Gasteiger partial charge on any atom is 0.288 e. The van der Waals surface area contributed by atoms with Gasteiger partial charge in [-0.15, -0.1) is 0 Å². The third kappa shape index (κ3) is 5.39. The first-order valence-corrected chi connectivity index (χ1v) is 8.81. The molecular formula is C11H18N3OPS. The number of hydrogen-bond acceptors (Lipinski definition) is 3. The van der Waals surface area contributed by atoms with Gasteiger partial charge in [-0.1, -0.05) is 36.5 Å². The molecule has 3 N–H and O–H groups in total. The van der Waals surface area contributed by atoms with Gasteiger partial charge in [-0.25, -0.2) is 4.99 Å². The minimum Gasteiger partial charge on any atom is -0.307 e. The zero-order valence-electron chi connectivity index (χ0n) is 10.1. The molecule has 1 unspecified atom stereocenters. The number of rotatable bonds is 6. The average Bonchev–Trinajstić information content (AvgIpc) is 2.29. The fraction of sp³-hybridized carbons (Fsp3) is 0.364. The molecule has 0 radical (unpaired) electrons. The minimum atomic E-state index is -2.84. The van der Waals surface area contributed by atoms with E-state index in [1.807, 2.05) is 38.1 Å². The Kier molecular flexibility index (Phi) is 5.75. The molecule has 0 heterocycles. The van der Waals surface area contributed by atoms with Gasteiger partial charge in [-0.3, -0.25) is 10.1 Å². The lowest BCUT2D eigenvalue weighted by Gasteiger charge is -2.10. The zero-order valence-corrected chi connectivity index (χ0v) is 11.8. The van der Waals surface area contributed by atoms with E-state index in [1.165, 1.54) is 17.7 Å². The Morgan fingerprint density at radius 1 is 1.53 bits per heavy atom. The van der Waals surface area contributed by atoms with Crippen molar-refractivity contribution in [2.45, 2.75) is 20.3 Å². The molecule has 0 fully saturated rings. The summed E-state index contributed by atoms with van der Waals surface area (Å²) in [6.07, 6.45) is 2.37. The topological polar surface area (TPSA) is 67.5 Å². The highest BCUT2D eigenvalue weighted by atomic mass is 32.7. The molecule has 0 saturated carbocycles. The fourth-order valence-corrected chi connectivity index (χ4v) is 3.62. The molecule has 4 nitrogen and oxygen atoms in total. The second kappa shape index (κ2) is 6.84. The van der Waals surface area contributed by atoms with Crippen LogP contribution < -0.4 is 10.6 Å². The predicted octanol–water partition coefficient (Wildman–Crippen LogP) is 3.45. The Labute approximate surface area is 106 Å². The summed E-state index contributed by atoms with van der Waals surface area (Å²) in [6.45, 7) is 1.15. The van der Waals surface area contributed by atoms with Crippen LogP contribution in [0.3, 0.4) is 0 Å². The second-order valence-electron chi connectivity index (χ2n) is 3.60. The molecule has 1 atom stereocenters. The van der Waals surface area contributed by atoms with Crippen molar-refractivity contribution in [3.8, 4) is 0 Å². The summed E-state index contributed by atoms with van der Waals surface area (Å²) < 4.78 is 11.8. The lowest BCUT2D eigenvalue weighted by atomic mass is 10.2. The molecule has 1 rings (SSSR count). The maximum absolute atomic E-state index is 11.8. The Hall–Kier alpha value is -0.770. The zero-order chi connectivity index (χ0) is 12.7. The van der Waals surface area contributed by atoms with Crippen molar-refractivity contribution in [2.24, 2.45) is 10.5 Å². The van der Waals surface area contributed by atoms with Gasteiger partial charge in [-0.05, 0) is 25.0 Å². The Bertz CT molecular complexity index is 436. The van der Waals surface area contributed by atoms with E-state index in [9.17, 15) is 4.57 Å². The van der Waals surface area contributed by atoms with Crippen LogP contribution in [-0.2, 0) is 4.57 Å². The molecule has 1 aromatic rings. The average molecular weight is 271 g/mol. The molecule has 0 aliphatic heterocycles. The summed E-state index contributed by atoms with van der Waals surface area (Å²) in [4.78, 5) is 4.20. The van der Waals surface area contributed by atoms with Crippen molar-refractivity contribution in [3.63, 3.8) is 0 Å². The minimum absolute atomic E-state index is 0.777. The molecular weight excluding hydrogens is 253 g/mol. The highest BCUT2D eigenvalue weighted by Crippen LogP contribution is 2.46. The molecule has 0 amide bonds. The summed E-state index contributed by atoms with van der Waals surface area (Å²) in [7, 11) is 0. The van der Waals surface area contributed by atoms with Crippen LogP contribution in [0.1, 0.15) is 18.9 Å². The predicted molar refractivity (Wildman–Crippen MR) is 77.0 cm³/mol. The van der Waals surface area contributed by atoms with Crippen LogP contribution in [0.25, 0.3) is 0 Å². The molecule has 17 heavy (non-hydrogen) atoms. The monoisotopic (exact) mass is 271 g/mol. The Balaban J connectivity index is 2.56. The van der Waals surface area contributed by atoms with E-state index in [4.69, 9.17) is 5.50 Å². The number of aryl methyl sites for hydroxylation is 1. The molecule has 0 aromatic heterocycles. The summed E-state index contributed by atoms with van der Waals surface area (Å²) in [5, 5.41) is 2.67. The molecule has 0 aliphatic carbocycles. The highest BCUT2D eigenvalue weighted by molar-refractivity contribution is 8.56. The molecule has 0 bridgehead atoms. The van der Waals surface area contributed by atoms with E-state index in [0.717, 1.165) is 23.4 Å². The van der Waals surface area contributed by atoms with Gasteiger partial charge in [0.15, 0.2) is 0 Å². The van der Waals surface area contributed by atoms with Crippen molar-refractivity contribution in [2.75, 3.05) is 5.75 Å². The van der Waals surface area contributed by atoms with Crippen LogP contribution in [0.4, 0.5) is 5.69 Å². The lowest BCUT2D eigenvalue weighted by molar-refractivity contribution is 0.584. The highest BCUT2D eigenvalue weighted by Gasteiger charge is 2.12. The van der Waals surface area contributed by atoms with Crippen molar-refractivity contribution in [1.29, 1.82) is 0 Å². The molecule has 94 valence electrons. The summed E-state index contributed by atoms with van der Waals surface area (Å²) in [5.41, 5.74) is 7.54. The van der Waals surface area contributed by atoms with E-state index in [0.29, 0.717) is 0 Å². The molecule has 0 spiro atoms. The Morgan fingerprint density at radius 3 is 2.88 bits per heavy atom. The number of nitrogens with zero attached hydrogens (tertiary/aromatic N) is 1. The van der Waals surface area contributed by atoms with Crippen LogP contribution in [-0.4, -0.2) is 12.1 Å². The maximum atomic E-state index is 11.8. The van der Waals surface area contributed by atoms with E-state index < -0.39 is 6.65 Å². The molecule has 6 heteroatoms. The third-order valence-corrected chi connectivity index (χ3v) is 5.51. The van der Waals surface area contributed by atoms with Gasteiger partial charge in [0.2, 0.25) is 0 Å². The van der Waals surface area contributed by atoms with E-state index in [1.54, 1.807) is 0 Å². The summed E-state index contributed by atoms with van der Waals surface area (Å²) in [5.74, 6) is 0.777. The quantitative estimate of drug-likeness (QED) is 0.472. The largest absolute Gasteiger partial charge is 0.307 e. The van der Waals surface area contributed by atoms with Crippen LogP contribution in [0, 0.1) is 6.92 Å². The molecule has 0 aliphatic rings. The van der Waals surface area contributed by atoms with Crippen LogP contribution in [0.5, 0.6) is 0 Å². The van der Waals surface area contributed by atoms with Crippen molar-refractivity contribution in [3.05, 3.63) is 29.8 Å². The van der Waals surface area contributed by atoms with Crippen LogP contribution in [0.2, 0.25) is 0 Å². The van der Waals surface area contributed by atoms with Gasteiger partial charge in [0.05, 0.1) is 12.0 Å². The molecule has 1 aromatic carbocycles. The first-order valence-electron chi connectivity index (χ1n) is 5.44. The van der Waals surface area contributed by atoms with Gasteiger partial charge in [0.25, 0.3) is 6.65 Å². The number of benzene rings is 1. The van der Waals surface area contributed by atoms with E-state index in [2.05, 4.69) is 10.1 Å². The van der Waals surface area contributed by atoms with Crippen LogP contribution in [0.15, 0.2) is 29.3 Å². The van der Waals surface area contributed by atoms with Gasteiger partial charge in [0.1, 0.15) is 0 Å². The lowest BCUT2D eigenvalue weighted by Crippen LogP contribution is -2.11. The number of hydrogen-bond donors (Lipinski definition) is 2. The van der Waals surface area contributed by atoms with Gasteiger partial charge < -0.3 is 5.09 Å². The first-order chi connectivity index (χ1) is 8.05. The van der Waals surface area contributed by atoms with Crippen molar-refractivity contribution in [1.82, 2.24) is 5.09 Å². The van der Waals surface area contributed by atoms with E-state index >= 15 is 0 Å². The van der Waals surface area contributed by atoms with Gasteiger partial charge in [0, 0.05) is 5.75 Å². The third-order valence-electron chi connectivity index (χ3n) is 2.04. The number of nitrogens with two attached hydrogens (primary N) is 1. The van der Waals surface area contributed by atoms with Gasteiger partial charge in [-0.2, -0.15) is 0 Å². The van der Waals surface area contributed by atoms with Gasteiger partial charge >= 0.3 is 0 Å². The Morgan fingerprint density at radius 2 is 2.24 bits per heavy atom. The number of aliphatic imine (C=N–C) groups is 1. The molecule has 0 saturated heterocycles. The van der Waals surface area contributed by atoms with Crippen molar-refractivity contribution < 1.29 is 4.57 Å². The van der Waals surface area contributed by atoms with E-state index in [-0.39, 0.29) is 0 Å². The smallest absolute Gasteiger partial charge is 0.288 e. The summed E-state index contributed by atoms with van der Waals surface area (Å²) in [6, 6.07) is 7.73. The van der Waals surface area contributed by atoms with Crippen LogP contribution >= 0.6 is 18.0 Å².